The maximum Gasteiger partial charge on any atom is 0.307 e. The van der Waals surface area contributed by atoms with Crippen molar-refractivity contribution in [3.8, 4) is 22.8 Å². The van der Waals surface area contributed by atoms with Crippen molar-refractivity contribution in [2.45, 2.75) is 27.2 Å². The number of aromatic amines is 1. The van der Waals surface area contributed by atoms with Gasteiger partial charge in [-0.15, -0.1) is 0 Å². The van der Waals surface area contributed by atoms with Crippen molar-refractivity contribution in [2.75, 3.05) is 13.7 Å². The number of hydrogen-bond acceptors (Lipinski definition) is 3. The van der Waals surface area contributed by atoms with E-state index in [1.54, 1.807) is 7.11 Å². The molecule has 0 aliphatic carbocycles. The number of carboxylic acids is 1. The zero-order valence-corrected chi connectivity index (χ0v) is 15.5. The molecule has 0 amide bonds. The van der Waals surface area contributed by atoms with Crippen LogP contribution in [-0.2, 0) is 11.2 Å². The third-order valence-corrected chi connectivity index (χ3v) is 4.44. The van der Waals surface area contributed by atoms with Crippen LogP contribution in [0, 0.1) is 13.8 Å². The van der Waals surface area contributed by atoms with E-state index in [-0.39, 0.29) is 6.42 Å². The van der Waals surface area contributed by atoms with Crippen molar-refractivity contribution >= 4 is 16.9 Å². The van der Waals surface area contributed by atoms with E-state index >= 15 is 0 Å². The number of H-pyrrole nitrogens is 1. The first-order chi connectivity index (χ1) is 12.4. The normalized spacial score (nSPS) is 10.9. The summed E-state index contributed by atoms with van der Waals surface area (Å²) in [4.78, 5) is 14.9. The molecule has 136 valence electrons. The van der Waals surface area contributed by atoms with Gasteiger partial charge in [-0.05, 0) is 56.2 Å². The molecule has 0 radical (unpaired) electrons. The molecule has 0 atom stereocenters. The fourth-order valence-electron chi connectivity index (χ4n) is 3.39. The molecule has 0 saturated carbocycles. The zero-order valence-electron chi connectivity index (χ0n) is 15.5. The Hall–Kier alpha value is -2.95. The van der Waals surface area contributed by atoms with Crippen molar-refractivity contribution in [3.63, 3.8) is 0 Å². The summed E-state index contributed by atoms with van der Waals surface area (Å²) in [7, 11) is 1.60. The lowest BCUT2D eigenvalue weighted by Crippen LogP contribution is -2.01. The van der Waals surface area contributed by atoms with Gasteiger partial charge in [-0.3, -0.25) is 4.79 Å². The highest BCUT2D eigenvalue weighted by Gasteiger charge is 2.18. The summed E-state index contributed by atoms with van der Waals surface area (Å²) in [6.45, 7) is 6.51. The highest BCUT2D eigenvalue weighted by atomic mass is 16.5. The van der Waals surface area contributed by atoms with Crippen LogP contribution in [-0.4, -0.2) is 29.8 Å². The number of methoxy groups -OCH3 is 1. The number of aryl methyl sites for hydroxylation is 2. The molecule has 0 bridgehead atoms. The Labute approximate surface area is 152 Å². The minimum atomic E-state index is -0.857. The Bertz CT molecular complexity index is 972. The average Bonchev–Trinajstić information content (AvgIpc) is 2.94. The second kappa shape index (κ2) is 7.12. The van der Waals surface area contributed by atoms with Gasteiger partial charge in [0.15, 0.2) is 11.5 Å². The predicted octanol–water partition coefficient (Wildman–Crippen LogP) is 4.49. The fraction of sp³-hybridized carbons (Fsp3) is 0.286. The summed E-state index contributed by atoms with van der Waals surface area (Å²) < 4.78 is 11.0. The van der Waals surface area contributed by atoms with Crippen LogP contribution in [0.3, 0.4) is 0 Å². The highest BCUT2D eigenvalue weighted by Crippen LogP contribution is 2.37. The van der Waals surface area contributed by atoms with Gasteiger partial charge >= 0.3 is 5.97 Å². The molecule has 2 aromatic carbocycles. The Kier molecular flexibility index (Phi) is 4.89. The highest BCUT2D eigenvalue weighted by molar-refractivity contribution is 5.96. The van der Waals surface area contributed by atoms with Crippen molar-refractivity contribution in [2.24, 2.45) is 0 Å². The molecule has 1 aromatic heterocycles. The van der Waals surface area contributed by atoms with Gasteiger partial charge < -0.3 is 19.6 Å². The Morgan fingerprint density at radius 2 is 1.92 bits per heavy atom. The SMILES string of the molecule is CCOc1ccc(-c2[nH]c3c(C)cc(C)cc3c2CC(=O)O)cc1OC. The molecule has 0 aliphatic rings. The third kappa shape index (κ3) is 3.25. The number of carbonyl (C=O) groups is 1. The van der Waals surface area contributed by atoms with Crippen molar-refractivity contribution in [1.82, 2.24) is 4.98 Å². The molecule has 1 heterocycles. The first-order valence-electron chi connectivity index (χ1n) is 8.59. The van der Waals surface area contributed by atoms with Gasteiger partial charge in [0.1, 0.15) is 0 Å². The average molecular weight is 353 g/mol. The number of aromatic nitrogens is 1. The van der Waals surface area contributed by atoms with Crippen LogP contribution < -0.4 is 9.47 Å². The van der Waals surface area contributed by atoms with Gasteiger partial charge in [0.05, 0.1) is 25.8 Å². The quantitative estimate of drug-likeness (QED) is 0.685. The van der Waals surface area contributed by atoms with Crippen LogP contribution in [0.1, 0.15) is 23.6 Å². The van der Waals surface area contributed by atoms with E-state index in [1.807, 2.05) is 45.0 Å². The predicted molar refractivity (Wildman–Crippen MR) is 102 cm³/mol. The summed E-state index contributed by atoms with van der Waals surface area (Å²) in [6, 6.07) is 9.78. The monoisotopic (exact) mass is 353 g/mol. The van der Waals surface area contributed by atoms with E-state index in [4.69, 9.17) is 9.47 Å². The van der Waals surface area contributed by atoms with Crippen molar-refractivity contribution < 1.29 is 19.4 Å². The molecule has 5 nitrogen and oxygen atoms in total. The Balaban J connectivity index is 2.24. The van der Waals surface area contributed by atoms with Gasteiger partial charge in [0, 0.05) is 16.5 Å². The molecular weight excluding hydrogens is 330 g/mol. The van der Waals surface area contributed by atoms with E-state index in [1.165, 1.54) is 0 Å². The summed E-state index contributed by atoms with van der Waals surface area (Å²) in [6.07, 6.45) is -0.0479. The minimum absolute atomic E-state index is 0.0479. The maximum atomic E-state index is 11.5. The number of ether oxygens (including phenoxy) is 2. The molecule has 3 rings (SSSR count). The number of fused-ring (bicyclic) bond motifs is 1. The van der Waals surface area contributed by atoms with E-state index < -0.39 is 5.97 Å². The summed E-state index contributed by atoms with van der Waals surface area (Å²) in [5.74, 6) is 0.433. The Morgan fingerprint density at radius 1 is 1.15 bits per heavy atom. The number of rotatable bonds is 6. The number of carboxylic acid groups (broad SMARTS) is 1. The van der Waals surface area contributed by atoms with E-state index in [9.17, 15) is 9.90 Å². The van der Waals surface area contributed by atoms with Crippen LogP contribution in [0.25, 0.3) is 22.2 Å². The number of hydrogen-bond donors (Lipinski definition) is 2. The molecule has 26 heavy (non-hydrogen) atoms. The second-order valence-electron chi connectivity index (χ2n) is 6.35. The van der Waals surface area contributed by atoms with Gasteiger partial charge in [0.2, 0.25) is 0 Å². The summed E-state index contributed by atoms with van der Waals surface area (Å²) >= 11 is 0. The lowest BCUT2D eigenvalue weighted by atomic mass is 10.00. The van der Waals surface area contributed by atoms with Crippen LogP contribution >= 0.6 is 0 Å². The van der Waals surface area contributed by atoms with Crippen LogP contribution in [0.5, 0.6) is 11.5 Å². The van der Waals surface area contributed by atoms with Gasteiger partial charge in [-0.1, -0.05) is 11.6 Å². The molecule has 2 N–H and O–H groups in total. The van der Waals surface area contributed by atoms with Gasteiger partial charge in [0.25, 0.3) is 0 Å². The lowest BCUT2D eigenvalue weighted by Gasteiger charge is -2.11. The largest absolute Gasteiger partial charge is 0.493 e. The lowest BCUT2D eigenvalue weighted by molar-refractivity contribution is -0.136. The standard InChI is InChI=1S/C21H23NO4/c1-5-26-17-7-6-14(10-18(17)25-4)21-16(11-19(23)24)15-9-12(2)8-13(3)20(15)22-21/h6-10,22H,5,11H2,1-4H3,(H,23,24). The van der Waals surface area contributed by atoms with Crippen LogP contribution in [0.4, 0.5) is 0 Å². The third-order valence-electron chi connectivity index (χ3n) is 4.44. The van der Waals surface area contributed by atoms with Crippen molar-refractivity contribution in [3.05, 3.63) is 47.0 Å². The molecule has 0 aliphatic heterocycles. The number of benzene rings is 2. The first kappa shape index (κ1) is 17.9. The molecule has 0 saturated heterocycles. The topological polar surface area (TPSA) is 71.6 Å². The van der Waals surface area contributed by atoms with Gasteiger partial charge in [-0.2, -0.15) is 0 Å². The molecule has 0 unspecified atom stereocenters. The zero-order chi connectivity index (χ0) is 18.8. The number of nitrogens with one attached hydrogen (secondary N) is 1. The molecule has 0 spiro atoms. The minimum Gasteiger partial charge on any atom is -0.493 e. The summed E-state index contributed by atoms with van der Waals surface area (Å²) in [5, 5.41) is 10.4. The van der Waals surface area contributed by atoms with E-state index in [2.05, 4.69) is 11.1 Å². The fourth-order valence-corrected chi connectivity index (χ4v) is 3.39. The second-order valence-corrected chi connectivity index (χ2v) is 6.35. The van der Waals surface area contributed by atoms with Gasteiger partial charge in [-0.25, -0.2) is 0 Å². The van der Waals surface area contributed by atoms with Crippen LogP contribution in [0.15, 0.2) is 30.3 Å². The maximum absolute atomic E-state index is 11.5. The van der Waals surface area contributed by atoms with E-state index in [0.717, 1.165) is 38.9 Å². The van der Waals surface area contributed by atoms with E-state index in [0.29, 0.717) is 18.1 Å². The molecule has 0 fully saturated rings. The molecule has 5 heteroatoms. The molecule has 3 aromatic rings. The Morgan fingerprint density at radius 3 is 2.58 bits per heavy atom. The smallest absolute Gasteiger partial charge is 0.307 e. The van der Waals surface area contributed by atoms with Crippen molar-refractivity contribution in [1.29, 1.82) is 0 Å². The molecular formula is C21H23NO4. The van der Waals surface area contributed by atoms with Crippen LogP contribution in [0.2, 0.25) is 0 Å². The number of aliphatic carboxylic acids is 1. The first-order valence-corrected chi connectivity index (χ1v) is 8.59. The summed E-state index contributed by atoms with van der Waals surface area (Å²) in [5.41, 5.74) is 5.62.